The van der Waals surface area contributed by atoms with Gasteiger partial charge in [0.15, 0.2) is 0 Å². The highest BCUT2D eigenvalue weighted by molar-refractivity contribution is 6.68. The van der Waals surface area contributed by atoms with Gasteiger partial charge in [0.25, 0.3) is 0 Å². The van der Waals surface area contributed by atoms with E-state index in [0.717, 1.165) is 25.7 Å². The maximum absolute atomic E-state index is 13.2. The molecule has 4 aliphatic rings. The van der Waals surface area contributed by atoms with E-state index in [-0.39, 0.29) is 40.3 Å². The number of ketones is 2. The molecule has 4 fully saturated rings. The summed E-state index contributed by atoms with van der Waals surface area (Å²) >= 11 is 18.2. The number of aliphatic hydroxyl groups is 1. The molecule has 0 unspecified atom stereocenters. The summed E-state index contributed by atoms with van der Waals surface area (Å²) in [6.07, 6.45) is 5.24. The van der Waals surface area contributed by atoms with Crippen LogP contribution in [0.1, 0.15) is 65.2 Å². The monoisotopic (exact) mass is 420 g/mol. The van der Waals surface area contributed by atoms with E-state index in [1.54, 1.807) is 0 Å². The number of alkyl halides is 3. The first-order chi connectivity index (χ1) is 11.9. The first-order valence-electron chi connectivity index (χ1n) is 9.77. The Morgan fingerprint density at radius 3 is 2.38 bits per heavy atom. The molecule has 0 aromatic heterocycles. The molecular formula is C20H27Cl3O3. The lowest BCUT2D eigenvalue weighted by atomic mass is 9.44. The number of hydrogen-bond donors (Lipinski definition) is 1. The zero-order valence-electron chi connectivity index (χ0n) is 15.4. The summed E-state index contributed by atoms with van der Waals surface area (Å²) in [5.74, 6) is 1.09. The SMILES string of the molecule is C[C@]12CC[C@](O)(C(Cl)(Cl)Cl)C[C@H]1CC(=O)[C@H]1[C@H]2CC[C@]2(C)C(=O)CC[C@@H]12. The number of Topliss-reactive ketones (excluding diaryl/α,β-unsaturated/α-hetero) is 2. The van der Waals surface area contributed by atoms with E-state index in [2.05, 4.69) is 13.8 Å². The van der Waals surface area contributed by atoms with Crippen LogP contribution in [0.15, 0.2) is 0 Å². The summed E-state index contributed by atoms with van der Waals surface area (Å²) < 4.78 is -1.74. The highest BCUT2D eigenvalue weighted by atomic mass is 35.6. The molecule has 0 aliphatic heterocycles. The van der Waals surface area contributed by atoms with E-state index in [9.17, 15) is 14.7 Å². The second-order valence-corrected chi connectivity index (χ2v) is 12.0. The summed E-state index contributed by atoms with van der Waals surface area (Å²) in [5.41, 5.74) is -1.72. The standard InChI is InChI=1S/C20H27Cl3O3/c1-17-7-8-19(26,20(21,22)23)10-11(17)9-14(24)16-12-3-4-15(25)18(12,2)6-5-13(16)17/h11-13,16,26H,3-10H2,1-2H3/t11-,12+,13-,16-,17+,18+,19-/m1/s1. The van der Waals surface area contributed by atoms with Crippen LogP contribution in [0.5, 0.6) is 0 Å². The normalized spacial score (nSPS) is 51.6. The molecular weight excluding hydrogens is 395 g/mol. The van der Waals surface area contributed by atoms with Crippen molar-refractivity contribution in [3.8, 4) is 0 Å². The Morgan fingerprint density at radius 2 is 1.73 bits per heavy atom. The van der Waals surface area contributed by atoms with Gasteiger partial charge in [-0.25, -0.2) is 0 Å². The molecule has 6 heteroatoms. The van der Waals surface area contributed by atoms with Crippen molar-refractivity contribution in [1.29, 1.82) is 0 Å². The minimum Gasteiger partial charge on any atom is -0.385 e. The van der Waals surface area contributed by atoms with Gasteiger partial charge in [0.05, 0.1) is 0 Å². The van der Waals surface area contributed by atoms with E-state index < -0.39 is 9.39 Å². The predicted octanol–water partition coefficient (Wildman–Crippen LogP) is 4.88. The first kappa shape index (κ1) is 19.5. The van der Waals surface area contributed by atoms with Gasteiger partial charge in [0, 0.05) is 24.2 Å². The fraction of sp³-hybridized carbons (Fsp3) is 0.900. The average molecular weight is 422 g/mol. The lowest BCUT2D eigenvalue weighted by molar-refractivity contribution is -0.167. The largest absolute Gasteiger partial charge is 0.385 e. The lowest BCUT2D eigenvalue weighted by Gasteiger charge is -2.61. The fourth-order valence-corrected chi connectivity index (χ4v) is 7.47. The maximum Gasteiger partial charge on any atom is 0.218 e. The van der Waals surface area contributed by atoms with Gasteiger partial charge < -0.3 is 5.11 Å². The molecule has 0 heterocycles. The maximum atomic E-state index is 13.2. The minimum absolute atomic E-state index is 0.0135. The Balaban J connectivity index is 1.66. The third kappa shape index (κ3) is 2.49. The molecule has 1 N–H and O–H groups in total. The van der Waals surface area contributed by atoms with E-state index in [0.29, 0.717) is 31.5 Å². The third-order valence-corrected chi connectivity index (χ3v) is 9.82. The first-order valence-corrected chi connectivity index (χ1v) is 10.9. The second kappa shape index (κ2) is 5.84. The van der Waals surface area contributed by atoms with Crippen LogP contribution in [-0.2, 0) is 9.59 Å². The van der Waals surface area contributed by atoms with E-state index >= 15 is 0 Å². The van der Waals surface area contributed by atoms with Gasteiger partial charge >= 0.3 is 0 Å². The lowest BCUT2D eigenvalue weighted by Crippen LogP contribution is -2.60. The van der Waals surface area contributed by atoms with Crippen molar-refractivity contribution >= 4 is 46.4 Å². The smallest absolute Gasteiger partial charge is 0.218 e. The van der Waals surface area contributed by atoms with Gasteiger partial charge in [-0.1, -0.05) is 48.7 Å². The molecule has 146 valence electrons. The molecule has 4 aliphatic carbocycles. The number of fused-ring (bicyclic) bond motifs is 5. The summed E-state index contributed by atoms with van der Waals surface area (Å²) in [6.45, 7) is 4.34. The Bertz CT molecular complexity index is 659. The van der Waals surface area contributed by atoms with Crippen LogP contribution in [0.3, 0.4) is 0 Å². The molecule has 0 aromatic carbocycles. The van der Waals surface area contributed by atoms with Crippen LogP contribution in [0.2, 0.25) is 0 Å². The van der Waals surface area contributed by atoms with Crippen LogP contribution in [0.4, 0.5) is 0 Å². The zero-order chi connectivity index (χ0) is 19.1. The van der Waals surface area contributed by atoms with Crippen molar-refractivity contribution in [2.45, 2.75) is 74.6 Å². The highest BCUT2D eigenvalue weighted by Gasteiger charge is 2.65. The molecule has 0 bridgehead atoms. The van der Waals surface area contributed by atoms with Gasteiger partial charge in [0.2, 0.25) is 3.79 Å². The van der Waals surface area contributed by atoms with Crippen molar-refractivity contribution in [3.63, 3.8) is 0 Å². The van der Waals surface area contributed by atoms with E-state index in [1.165, 1.54) is 0 Å². The Kier molecular flexibility index (Phi) is 4.38. The molecule has 0 saturated heterocycles. The average Bonchev–Trinajstić information content (AvgIpc) is 2.84. The number of carbonyl (C=O) groups is 2. The molecule has 4 saturated carbocycles. The number of halogens is 3. The summed E-state index contributed by atoms with van der Waals surface area (Å²) in [4.78, 5) is 25.7. The van der Waals surface area contributed by atoms with Gasteiger partial charge in [-0.2, -0.15) is 0 Å². The minimum atomic E-state index is -1.74. The highest BCUT2D eigenvalue weighted by Crippen LogP contribution is 2.66. The van der Waals surface area contributed by atoms with E-state index in [4.69, 9.17) is 34.8 Å². The Hall–Kier alpha value is 0.170. The molecule has 3 nitrogen and oxygen atoms in total. The van der Waals surface area contributed by atoms with Crippen LogP contribution < -0.4 is 0 Å². The predicted molar refractivity (Wildman–Crippen MR) is 102 cm³/mol. The summed E-state index contributed by atoms with van der Waals surface area (Å²) in [5, 5.41) is 10.9. The molecule has 0 radical (unpaired) electrons. The third-order valence-electron chi connectivity index (χ3n) is 8.77. The zero-order valence-corrected chi connectivity index (χ0v) is 17.6. The molecule has 0 amide bonds. The molecule has 4 rings (SSSR count). The van der Waals surface area contributed by atoms with Crippen LogP contribution in [0.25, 0.3) is 0 Å². The molecule has 26 heavy (non-hydrogen) atoms. The van der Waals surface area contributed by atoms with Crippen molar-refractivity contribution in [2.24, 2.45) is 34.5 Å². The Labute approximate surface area is 170 Å². The molecule has 0 aromatic rings. The molecule has 0 spiro atoms. The van der Waals surface area contributed by atoms with Crippen molar-refractivity contribution in [3.05, 3.63) is 0 Å². The summed E-state index contributed by atoms with van der Waals surface area (Å²) in [6, 6.07) is 0. The molecule has 7 atom stereocenters. The van der Waals surface area contributed by atoms with Gasteiger partial charge in [-0.3, -0.25) is 9.59 Å². The topological polar surface area (TPSA) is 54.4 Å². The fourth-order valence-electron chi connectivity index (χ4n) is 6.96. The second-order valence-electron chi connectivity index (χ2n) is 9.76. The van der Waals surface area contributed by atoms with Gasteiger partial charge in [-0.05, 0) is 61.7 Å². The van der Waals surface area contributed by atoms with Crippen LogP contribution in [0, 0.1) is 34.5 Å². The van der Waals surface area contributed by atoms with E-state index in [1.807, 2.05) is 0 Å². The van der Waals surface area contributed by atoms with Crippen molar-refractivity contribution < 1.29 is 14.7 Å². The number of carbonyl (C=O) groups excluding carboxylic acids is 2. The van der Waals surface area contributed by atoms with Crippen molar-refractivity contribution in [2.75, 3.05) is 0 Å². The van der Waals surface area contributed by atoms with Crippen molar-refractivity contribution in [1.82, 2.24) is 0 Å². The quantitative estimate of drug-likeness (QED) is 0.567. The van der Waals surface area contributed by atoms with Gasteiger partial charge in [0.1, 0.15) is 17.2 Å². The van der Waals surface area contributed by atoms with Gasteiger partial charge in [-0.15, -0.1) is 0 Å². The summed E-state index contributed by atoms with van der Waals surface area (Å²) in [7, 11) is 0. The van der Waals surface area contributed by atoms with Crippen LogP contribution >= 0.6 is 34.8 Å². The Morgan fingerprint density at radius 1 is 1.04 bits per heavy atom. The number of rotatable bonds is 0. The van der Waals surface area contributed by atoms with Crippen LogP contribution in [-0.4, -0.2) is 26.1 Å². The number of hydrogen-bond acceptors (Lipinski definition) is 3.